The molecular weight excluding hydrogens is 280 g/mol. The Morgan fingerprint density at radius 3 is 2.81 bits per heavy atom. The van der Waals surface area contributed by atoms with E-state index in [1.165, 1.54) is 18.2 Å². The maximum absolute atomic E-state index is 12.3. The van der Waals surface area contributed by atoms with E-state index in [2.05, 4.69) is 10.1 Å². The SMILES string of the molecule is CCn1cc(N)cc1C(=O)Nc1ccccc1OC(F)F. The van der Waals surface area contributed by atoms with Crippen LogP contribution in [-0.4, -0.2) is 17.1 Å². The third kappa shape index (κ3) is 3.50. The molecule has 1 amide bonds. The Morgan fingerprint density at radius 1 is 1.43 bits per heavy atom. The van der Waals surface area contributed by atoms with E-state index in [-0.39, 0.29) is 11.4 Å². The highest BCUT2D eigenvalue weighted by Crippen LogP contribution is 2.26. The Kier molecular flexibility index (Phi) is 4.42. The molecule has 0 unspecified atom stereocenters. The van der Waals surface area contributed by atoms with Gasteiger partial charge in [0, 0.05) is 12.7 Å². The van der Waals surface area contributed by atoms with Crippen molar-refractivity contribution in [3.63, 3.8) is 0 Å². The van der Waals surface area contributed by atoms with E-state index >= 15 is 0 Å². The highest BCUT2D eigenvalue weighted by molar-refractivity contribution is 6.04. The number of ether oxygens (including phenoxy) is 1. The van der Waals surface area contributed by atoms with E-state index in [1.54, 1.807) is 22.9 Å². The molecule has 2 aromatic rings. The Bertz CT molecular complexity index is 641. The molecule has 0 saturated heterocycles. The third-order valence-corrected chi connectivity index (χ3v) is 2.84. The minimum Gasteiger partial charge on any atom is -0.433 e. The van der Waals surface area contributed by atoms with Crippen LogP contribution in [0.5, 0.6) is 5.75 Å². The van der Waals surface area contributed by atoms with E-state index < -0.39 is 12.5 Å². The van der Waals surface area contributed by atoms with Gasteiger partial charge in [0.05, 0.1) is 11.4 Å². The first-order chi connectivity index (χ1) is 10.0. The average Bonchev–Trinajstić information content (AvgIpc) is 2.81. The number of nitrogen functional groups attached to an aromatic ring is 1. The molecule has 0 aliphatic rings. The van der Waals surface area contributed by atoms with Crippen LogP contribution in [-0.2, 0) is 6.54 Å². The van der Waals surface area contributed by atoms with E-state index in [9.17, 15) is 13.6 Å². The number of aromatic nitrogens is 1. The fraction of sp³-hybridized carbons (Fsp3) is 0.214. The number of anilines is 2. The van der Waals surface area contributed by atoms with Gasteiger partial charge < -0.3 is 20.4 Å². The maximum Gasteiger partial charge on any atom is 0.387 e. The van der Waals surface area contributed by atoms with Crippen molar-refractivity contribution < 1.29 is 18.3 Å². The van der Waals surface area contributed by atoms with E-state index in [0.29, 0.717) is 17.9 Å². The minimum absolute atomic E-state index is 0.0940. The van der Waals surface area contributed by atoms with Crippen molar-refractivity contribution in [2.75, 3.05) is 11.1 Å². The number of carbonyl (C=O) groups excluding carboxylic acids is 1. The summed E-state index contributed by atoms with van der Waals surface area (Å²) in [7, 11) is 0. The van der Waals surface area contributed by atoms with Gasteiger partial charge in [0.2, 0.25) is 0 Å². The summed E-state index contributed by atoms with van der Waals surface area (Å²) < 4.78 is 30.7. The van der Waals surface area contributed by atoms with E-state index in [4.69, 9.17) is 5.73 Å². The second kappa shape index (κ2) is 6.25. The average molecular weight is 295 g/mol. The van der Waals surface area contributed by atoms with Gasteiger partial charge in [0.1, 0.15) is 11.4 Å². The number of nitrogens with two attached hydrogens (primary N) is 1. The predicted molar refractivity (Wildman–Crippen MR) is 75.5 cm³/mol. The van der Waals surface area contributed by atoms with Gasteiger partial charge in [0.15, 0.2) is 0 Å². The lowest BCUT2D eigenvalue weighted by atomic mass is 10.2. The van der Waals surface area contributed by atoms with Crippen molar-refractivity contribution in [1.82, 2.24) is 4.57 Å². The van der Waals surface area contributed by atoms with Crippen molar-refractivity contribution >= 4 is 17.3 Å². The smallest absolute Gasteiger partial charge is 0.387 e. The lowest BCUT2D eigenvalue weighted by Gasteiger charge is -2.12. The first-order valence-electron chi connectivity index (χ1n) is 6.32. The second-order valence-electron chi connectivity index (χ2n) is 4.27. The van der Waals surface area contributed by atoms with Gasteiger partial charge in [-0.3, -0.25) is 4.79 Å². The molecule has 0 aliphatic heterocycles. The number of halogens is 2. The summed E-state index contributed by atoms with van der Waals surface area (Å²) in [5.74, 6) is -0.540. The summed E-state index contributed by atoms with van der Waals surface area (Å²) in [5, 5.41) is 2.55. The molecule has 3 N–H and O–H groups in total. The summed E-state index contributed by atoms with van der Waals surface area (Å²) in [6, 6.07) is 7.52. The molecule has 112 valence electrons. The number of hydrogen-bond donors (Lipinski definition) is 2. The van der Waals surface area contributed by atoms with Crippen LogP contribution in [0, 0.1) is 0 Å². The van der Waals surface area contributed by atoms with E-state index in [1.807, 2.05) is 6.92 Å². The number of nitrogens with zero attached hydrogens (tertiary/aromatic N) is 1. The van der Waals surface area contributed by atoms with Crippen LogP contribution in [0.4, 0.5) is 20.2 Å². The molecule has 1 heterocycles. The number of alkyl halides is 2. The lowest BCUT2D eigenvalue weighted by Crippen LogP contribution is -2.17. The molecule has 2 rings (SSSR count). The Morgan fingerprint density at radius 2 is 2.14 bits per heavy atom. The molecular formula is C14H15F2N3O2. The van der Waals surface area contributed by atoms with E-state index in [0.717, 1.165) is 0 Å². The van der Waals surface area contributed by atoms with Crippen LogP contribution in [0.3, 0.4) is 0 Å². The van der Waals surface area contributed by atoms with Crippen LogP contribution in [0.1, 0.15) is 17.4 Å². The molecule has 0 spiro atoms. The van der Waals surface area contributed by atoms with Crippen molar-refractivity contribution in [1.29, 1.82) is 0 Å². The number of benzene rings is 1. The largest absolute Gasteiger partial charge is 0.433 e. The number of hydrogen-bond acceptors (Lipinski definition) is 3. The fourth-order valence-electron chi connectivity index (χ4n) is 1.94. The zero-order valence-corrected chi connectivity index (χ0v) is 11.3. The monoisotopic (exact) mass is 295 g/mol. The van der Waals surface area contributed by atoms with Crippen molar-refractivity contribution in [2.24, 2.45) is 0 Å². The molecule has 0 saturated carbocycles. The molecule has 0 atom stereocenters. The second-order valence-corrected chi connectivity index (χ2v) is 4.27. The van der Waals surface area contributed by atoms with Crippen LogP contribution in [0.15, 0.2) is 36.5 Å². The number of nitrogens with one attached hydrogen (secondary N) is 1. The van der Waals surface area contributed by atoms with Gasteiger partial charge in [-0.2, -0.15) is 8.78 Å². The highest BCUT2D eigenvalue weighted by atomic mass is 19.3. The summed E-state index contributed by atoms with van der Waals surface area (Å²) >= 11 is 0. The summed E-state index contributed by atoms with van der Waals surface area (Å²) in [6.07, 6.45) is 1.64. The fourth-order valence-corrected chi connectivity index (χ4v) is 1.94. The van der Waals surface area contributed by atoms with Crippen molar-refractivity contribution in [3.8, 4) is 5.75 Å². The van der Waals surface area contributed by atoms with Gasteiger partial charge in [-0.1, -0.05) is 12.1 Å². The Labute approximate surface area is 120 Å². The van der Waals surface area contributed by atoms with Gasteiger partial charge in [-0.15, -0.1) is 0 Å². The normalized spacial score (nSPS) is 10.7. The summed E-state index contributed by atoms with van der Waals surface area (Å²) in [5.41, 5.74) is 6.64. The summed E-state index contributed by atoms with van der Waals surface area (Å²) in [6.45, 7) is -0.530. The Hall–Kier alpha value is -2.57. The molecule has 0 bridgehead atoms. The quantitative estimate of drug-likeness (QED) is 0.891. The molecule has 7 heteroatoms. The first kappa shape index (κ1) is 14.8. The molecule has 21 heavy (non-hydrogen) atoms. The number of carbonyl (C=O) groups is 1. The van der Waals surface area contributed by atoms with Crippen LogP contribution >= 0.6 is 0 Å². The number of aryl methyl sites for hydroxylation is 1. The van der Waals surface area contributed by atoms with Gasteiger partial charge in [-0.25, -0.2) is 0 Å². The molecule has 0 radical (unpaired) electrons. The Balaban J connectivity index is 2.23. The topological polar surface area (TPSA) is 69.3 Å². The van der Waals surface area contributed by atoms with Crippen LogP contribution < -0.4 is 15.8 Å². The zero-order valence-electron chi connectivity index (χ0n) is 11.3. The number of amides is 1. The van der Waals surface area contributed by atoms with Crippen LogP contribution in [0.2, 0.25) is 0 Å². The minimum atomic E-state index is -2.96. The molecule has 5 nitrogen and oxygen atoms in total. The lowest BCUT2D eigenvalue weighted by molar-refractivity contribution is -0.0493. The van der Waals surface area contributed by atoms with Gasteiger partial charge in [-0.05, 0) is 25.1 Å². The first-order valence-corrected chi connectivity index (χ1v) is 6.32. The van der Waals surface area contributed by atoms with Gasteiger partial charge >= 0.3 is 6.61 Å². The highest BCUT2D eigenvalue weighted by Gasteiger charge is 2.15. The van der Waals surface area contributed by atoms with Crippen LogP contribution in [0.25, 0.3) is 0 Å². The molecule has 0 aliphatic carbocycles. The molecule has 1 aromatic heterocycles. The summed E-state index contributed by atoms with van der Waals surface area (Å²) in [4.78, 5) is 12.2. The zero-order chi connectivity index (χ0) is 15.4. The molecule has 0 fully saturated rings. The van der Waals surface area contributed by atoms with Crippen molar-refractivity contribution in [3.05, 3.63) is 42.2 Å². The predicted octanol–water partition coefficient (Wildman–Crippen LogP) is 2.94. The van der Waals surface area contributed by atoms with Crippen molar-refractivity contribution in [2.45, 2.75) is 20.1 Å². The number of rotatable bonds is 5. The maximum atomic E-state index is 12.3. The number of para-hydroxylation sites is 2. The third-order valence-electron chi connectivity index (χ3n) is 2.84. The van der Waals surface area contributed by atoms with Gasteiger partial charge in [0.25, 0.3) is 5.91 Å². The standard InChI is InChI=1S/C14H15F2N3O2/c1-2-19-8-9(17)7-11(19)13(20)18-10-5-3-4-6-12(10)21-14(15)16/h3-8,14H,2,17H2,1H3,(H,18,20). The molecule has 1 aromatic carbocycles.